The van der Waals surface area contributed by atoms with Crippen LogP contribution in [-0.2, 0) is 17.9 Å². The lowest BCUT2D eigenvalue weighted by Crippen LogP contribution is -2.39. The van der Waals surface area contributed by atoms with Crippen molar-refractivity contribution in [2.75, 3.05) is 11.9 Å². The Hall–Kier alpha value is -4.44. The second-order valence-electron chi connectivity index (χ2n) is 10.4. The zero-order chi connectivity index (χ0) is 27.8. The molecule has 4 heterocycles. The average molecular weight is 617 g/mol. The van der Waals surface area contributed by atoms with Crippen LogP contribution in [0.15, 0.2) is 95.8 Å². The molecule has 1 aliphatic heterocycles. The third kappa shape index (κ3) is 6.19. The van der Waals surface area contributed by atoms with E-state index in [0.717, 1.165) is 64.0 Å². The Kier molecular flexibility index (Phi) is 8.96. The highest BCUT2D eigenvalue weighted by Crippen LogP contribution is 2.31. The number of nitrogens with zero attached hydrogens (tertiary/aromatic N) is 5. The molecule has 0 bridgehead atoms. The second-order valence-corrected chi connectivity index (χ2v) is 10.4. The summed E-state index contributed by atoms with van der Waals surface area (Å²) >= 11 is 0. The highest BCUT2D eigenvalue weighted by Gasteiger charge is 2.29. The van der Waals surface area contributed by atoms with Crippen molar-refractivity contribution in [1.29, 1.82) is 0 Å². The van der Waals surface area contributed by atoms with Gasteiger partial charge < -0.3 is 15.5 Å². The first-order valence-corrected chi connectivity index (χ1v) is 13.7. The molecule has 7 rings (SSSR count). The van der Waals surface area contributed by atoms with Gasteiger partial charge in [0.15, 0.2) is 0 Å². The lowest BCUT2D eigenvalue weighted by molar-refractivity contribution is -0.122. The third-order valence-corrected chi connectivity index (χ3v) is 7.71. The van der Waals surface area contributed by atoms with Gasteiger partial charge in [0.1, 0.15) is 23.7 Å². The Morgan fingerprint density at radius 3 is 2.67 bits per heavy atom. The number of carbonyl (C=O) groups excluding carboxylic acids is 1. The van der Waals surface area contributed by atoms with E-state index in [1.807, 2.05) is 65.5 Å². The molecule has 6 aromatic rings. The first-order valence-electron chi connectivity index (χ1n) is 13.7. The minimum absolute atomic E-state index is 0. The topological polar surface area (TPSA) is 115 Å². The van der Waals surface area contributed by atoms with E-state index >= 15 is 0 Å². The number of nitrogens with one attached hydrogen (secondary N) is 1. The summed E-state index contributed by atoms with van der Waals surface area (Å²) in [6.07, 6.45) is 5.22. The lowest BCUT2D eigenvalue weighted by Gasteiger charge is -2.20. The number of halogens is 2. The molecule has 1 amide bonds. The summed E-state index contributed by atoms with van der Waals surface area (Å²) in [6.45, 7) is 2.11. The van der Waals surface area contributed by atoms with Crippen LogP contribution in [-0.4, -0.2) is 43.1 Å². The number of aromatic nitrogens is 4. The Labute approximate surface area is 260 Å². The predicted molar refractivity (Wildman–Crippen MR) is 173 cm³/mol. The number of carbonyl (C=O) groups is 1. The molecule has 0 aliphatic carbocycles. The Morgan fingerprint density at radius 1 is 0.977 bits per heavy atom. The predicted octanol–water partition coefficient (Wildman–Crippen LogP) is 6.32. The number of fused-ring (bicyclic) bond motifs is 2. The van der Waals surface area contributed by atoms with Gasteiger partial charge in [-0.2, -0.15) is 5.10 Å². The number of benzene rings is 3. The highest BCUT2D eigenvalue weighted by molar-refractivity contribution is 5.94. The first-order chi connectivity index (χ1) is 20.1. The molecule has 1 fully saturated rings. The summed E-state index contributed by atoms with van der Waals surface area (Å²) in [5.41, 5.74) is 10.5. The van der Waals surface area contributed by atoms with Crippen LogP contribution in [0.3, 0.4) is 0 Å². The normalized spacial score (nSPS) is 14.8. The molecule has 0 radical (unpaired) electrons. The van der Waals surface area contributed by atoms with E-state index < -0.39 is 0 Å². The monoisotopic (exact) mass is 615 g/mol. The molecule has 9 nitrogen and oxygen atoms in total. The Bertz CT molecular complexity index is 1870. The average Bonchev–Trinajstić information content (AvgIpc) is 3.75. The number of amides is 1. The lowest BCUT2D eigenvalue weighted by atomic mass is 10.1. The molecule has 1 aliphatic rings. The molecular formula is C32H31Cl2N7O2. The van der Waals surface area contributed by atoms with E-state index in [2.05, 4.69) is 49.5 Å². The van der Waals surface area contributed by atoms with Gasteiger partial charge in [0.2, 0.25) is 5.91 Å². The van der Waals surface area contributed by atoms with Crippen LogP contribution >= 0.6 is 24.8 Å². The molecule has 0 spiro atoms. The van der Waals surface area contributed by atoms with Gasteiger partial charge in [-0.15, -0.1) is 24.8 Å². The van der Waals surface area contributed by atoms with Crippen LogP contribution in [0.1, 0.15) is 24.2 Å². The standard InChI is InChI=1S/C32H29N7O2.2ClH/c33-31(40)29-7-4-14-38(29)19-25-10-13-30(41-25)22-8-11-27-26(16-22)32(35-20-34-27)37-24-9-12-28-23(15-24)17-36-39(28)18-21-5-2-1-3-6-21;;/h1-3,5-6,8-13,15-17,20,29H,4,7,14,18-19H2,(H2,33,40)(H,34,35,37);2*1H/t29-;;/m0../s1. The second kappa shape index (κ2) is 12.8. The number of rotatable bonds is 8. The van der Waals surface area contributed by atoms with Crippen LogP contribution in [0, 0.1) is 0 Å². The molecule has 3 N–H and O–H groups in total. The maximum absolute atomic E-state index is 11.8. The zero-order valence-corrected chi connectivity index (χ0v) is 24.9. The molecule has 0 saturated carbocycles. The van der Waals surface area contributed by atoms with Gasteiger partial charge in [-0.1, -0.05) is 30.3 Å². The molecular weight excluding hydrogens is 585 g/mol. The Balaban J connectivity index is 0.00000184. The van der Waals surface area contributed by atoms with Crippen LogP contribution < -0.4 is 11.1 Å². The van der Waals surface area contributed by atoms with Crippen molar-refractivity contribution in [3.8, 4) is 11.3 Å². The first kappa shape index (κ1) is 30.0. The van der Waals surface area contributed by atoms with Gasteiger partial charge in [-0.3, -0.25) is 14.4 Å². The van der Waals surface area contributed by atoms with Crippen LogP contribution in [0.4, 0.5) is 11.5 Å². The fraction of sp³-hybridized carbons (Fsp3) is 0.188. The van der Waals surface area contributed by atoms with Crippen molar-refractivity contribution in [1.82, 2.24) is 24.6 Å². The molecule has 220 valence electrons. The summed E-state index contributed by atoms with van der Waals surface area (Å²) in [4.78, 5) is 22.9. The number of primary amides is 1. The van der Waals surface area contributed by atoms with E-state index in [1.165, 1.54) is 5.56 Å². The number of anilines is 2. The number of nitrogens with two attached hydrogens (primary N) is 1. The van der Waals surface area contributed by atoms with Gasteiger partial charge in [0.05, 0.1) is 36.4 Å². The molecule has 1 saturated heterocycles. The molecule has 3 aromatic heterocycles. The van der Waals surface area contributed by atoms with Gasteiger partial charge in [-0.25, -0.2) is 9.97 Å². The van der Waals surface area contributed by atoms with Crippen molar-refractivity contribution in [3.63, 3.8) is 0 Å². The van der Waals surface area contributed by atoms with E-state index in [9.17, 15) is 4.79 Å². The van der Waals surface area contributed by atoms with Gasteiger partial charge in [0.25, 0.3) is 0 Å². The van der Waals surface area contributed by atoms with Gasteiger partial charge in [-0.05, 0) is 73.5 Å². The van der Waals surface area contributed by atoms with E-state index in [0.29, 0.717) is 18.9 Å². The summed E-state index contributed by atoms with van der Waals surface area (Å²) in [5, 5.41) is 10.0. The maximum Gasteiger partial charge on any atom is 0.234 e. The van der Waals surface area contributed by atoms with Gasteiger partial charge in [0, 0.05) is 22.0 Å². The fourth-order valence-electron chi connectivity index (χ4n) is 5.65. The fourth-order valence-corrected chi connectivity index (χ4v) is 5.65. The SMILES string of the molecule is Cl.Cl.NC(=O)[C@@H]1CCCN1Cc1ccc(-c2ccc3ncnc(Nc4ccc5c(cnn5Cc5ccccc5)c4)c3c2)o1. The summed E-state index contributed by atoms with van der Waals surface area (Å²) in [7, 11) is 0. The Morgan fingerprint density at radius 2 is 1.84 bits per heavy atom. The molecule has 1 atom stereocenters. The highest BCUT2D eigenvalue weighted by atomic mass is 35.5. The molecule has 43 heavy (non-hydrogen) atoms. The van der Waals surface area contributed by atoms with Gasteiger partial charge >= 0.3 is 0 Å². The number of hydrogen-bond donors (Lipinski definition) is 2. The van der Waals surface area contributed by atoms with Crippen LogP contribution in [0.5, 0.6) is 0 Å². The third-order valence-electron chi connectivity index (χ3n) is 7.71. The number of furan rings is 1. The summed E-state index contributed by atoms with van der Waals surface area (Å²) in [5.74, 6) is 1.99. The smallest absolute Gasteiger partial charge is 0.234 e. The van der Waals surface area contributed by atoms with E-state index in [4.69, 9.17) is 10.2 Å². The number of likely N-dealkylation sites (tertiary alicyclic amines) is 1. The van der Waals surface area contributed by atoms with E-state index in [1.54, 1.807) is 6.33 Å². The van der Waals surface area contributed by atoms with Crippen molar-refractivity contribution in [3.05, 3.63) is 103 Å². The van der Waals surface area contributed by atoms with Crippen molar-refractivity contribution >= 4 is 64.0 Å². The summed E-state index contributed by atoms with van der Waals surface area (Å²) in [6, 6.07) is 26.2. The molecule has 11 heteroatoms. The molecule has 3 aromatic carbocycles. The minimum atomic E-state index is -0.274. The molecule has 0 unspecified atom stereocenters. The number of hydrogen-bond acceptors (Lipinski definition) is 7. The maximum atomic E-state index is 11.8. The van der Waals surface area contributed by atoms with Crippen molar-refractivity contribution < 1.29 is 9.21 Å². The zero-order valence-electron chi connectivity index (χ0n) is 23.2. The summed E-state index contributed by atoms with van der Waals surface area (Å²) < 4.78 is 8.21. The van der Waals surface area contributed by atoms with Crippen LogP contribution in [0.25, 0.3) is 33.1 Å². The van der Waals surface area contributed by atoms with Crippen molar-refractivity contribution in [2.24, 2.45) is 5.73 Å². The van der Waals surface area contributed by atoms with Crippen molar-refractivity contribution in [2.45, 2.75) is 32.0 Å². The quantitative estimate of drug-likeness (QED) is 0.206. The van der Waals surface area contributed by atoms with Crippen LogP contribution in [0.2, 0.25) is 0 Å². The minimum Gasteiger partial charge on any atom is -0.460 e. The largest absolute Gasteiger partial charge is 0.460 e. The van der Waals surface area contributed by atoms with E-state index in [-0.39, 0.29) is 36.8 Å².